The van der Waals surface area contributed by atoms with Crippen molar-refractivity contribution < 1.29 is 0 Å². The molecule has 0 aliphatic carbocycles. The Labute approximate surface area is 80.1 Å². The van der Waals surface area contributed by atoms with Crippen LogP contribution in [-0.2, 0) is 0 Å². The van der Waals surface area contributed by atoms with Gasteiger partial charge in [-0.2, -0.15) is 0 Å². The van der Waals surface area contributed by atoms with E-state index in [4.69, 9.17) is 5.84 Å². The van der Waals surface area contributed by atoms with Crippen LogP contribution in [0.3, 0.4) is 0 Å². The number of nitrogens with two attached hydrogens (primary N) is 1. The summed E-state index contributed by atoms with van der Waals surface area (Å²) in [5, 5.41) is 0. The summed E-state index contributed by atoms with van der Waals surface area (Å²) in [7, 11) is 0. The summed E-state index contributed by atoms with van der Waals surface area (Å²) in [5.74, 6) is 5.50. The highest BCUT2D eigenvalue weighted by atomic mass is 15.2. The zero-order valence-corrected chi connectivity index (χ0v) is 8.59. The fourth-order valence-corrected chi connectivity index (χ4v) is 1.78. The van der Waals surface area contributed by atoms with Crippen molar-refractivity contribution in [1.29, 1.82) is 0 Å². The van der Waals surface area contributed by atoms with E-state index in [2.05, 4.69) is 44.4 Å². The van der Waals surface area contributed by atoms with Crippen LogP contribution in [0.1, 0.15) is 36.1 Å². The van der Waals surface area contributed by atoms with Gasteiger partial charge < -0.3 is 0 Å². The smallest absolute Gasteiger partial charge is 0.0462 e. The highest BCUT2D eigenvalue weighted by molar-refractivity contribution is 5.35. The van der Waals surface area contributed by atoms with Crippen molar-refractivity contribution in [2.24, 2.45) is 5.84 Å². The van der Waals surface area contributed by atoms with Crippen LogP contribution in [0.5, 0.6) is 0 Å². The van der Waals surface area contributed by atoms with Crippen molar-refractivity contribution in [1.82, 2.24) is 5.43 Å². The lowest BCUT2D eigenvalue weighted by atomic mass is 9.95. The van der Waals surface area contributed by atoms with E-state index >= 15 is 0 Å². The van der Waals surface area contributed by atoms with Gasteiger partial charge in [-0.3, -0.25) is 11.3 Å². The van der Waals surface area contributed by atoms with Crippen LogP contribution in [-0.4, -0.2) is 0 Å². The lowest BCUT2D eigenvalue weighted by molar-refractivity contribution is 0.534. The molecule has 0 aromatic heterocycles. The number of aryl methyl sites for hydroxylation is 2. The lowest BCUT2D eigenvalue weighted by Gasteiger charge is -2.18. The molecule has 1 rings (SSSR count). The molecular formula is C11H18N2. The second-order valence-corrected chi connectivity index (χ2v) is 3.43. The summed E-state index contributed by atoms with van der Waals surface area (Å²) in [6.45, 7) is 6.39. The minimum absolute atomic E-state index is 0.279. The van der Waals surface area contributed by atoms with Crippen molar-refractivity contribution in [3.63, 3.8) is 0 Å². The van der Waals surface area contributed by atoms with E-state index in [1.165, 1.54) is 16.7 Å². The first-order chi connectivity index (χ1) is 6.20. The van der Waals surface area contributed by atoms with E-state index in [1.54, 1.807) is 0 Å². The molecule has 1 aromatic carbocycles. The van der Waals surface area contributed by atoms with Crippen LogP contribution in [0, 0.1) is 13.8 Å². The quantitative estimate of drug-likeness (QED) is 0.550. The zero-order valence-electron chi connectivity index (χ0n) is 8.59. The summed E-state index contributed by atoms with van der Waals surface area (Å²) in [6, 6.07) is 6.61. The number of hydrogen-bond acceptors (Lipinski definition) is 2. The third-order valence-corrected chi connectivity index (χ3v) is 2.50. The van der Waals surface area contributed by atoms with Crippen LogP contribution in [0.25, 0.3) is 0 Å². The van der Waals surface area contributed by atoms with E-state index in [-0.39, 0.29) is 6.04 Å². The minimum Gasteiger partial charge on any atom is -0.271 e. The first-order valence-electron chi connectivity index (χ1n) is 4.73. The average Bonchev–Trinajstić information content (AvgIpc) is 2.11. The third-order valence-electron chi connectivity index (χ3n) is 2.50. The zero-order chi connectivity index (χ0) is 9.84. The van der Waals surface area contributed by atoms with Gasteiger partial charge in [-0.15, -0.1) is 0 Å². The Kier molecular flexibility index (Phi) is 3.46. The molecule has 0 fully saturated rings. The van der Waals surface area contributed by atoms with Gasteiger partial charge in [-0.1, -0.05) is 25.1 Å². The molecule has 1 atom stereocenters. The van der Waals surface area contributed by atoms with Crippen molar-refractivity contribution in [3.8, 4) is 0 Å². The molecule has 0 saturated heterocycles. The number of hydrogen-bond donors (Lipinski definition) is 2. The molecule has 2 heteroatoms. The fraction of sp³-hybridized carbons (Fsp3) is 0.455. The lowest BCUT2D eigenvalue weighted by Crippen LogP contribution is -2.28. The largest absolute Gasteiger partial charge is 0.271 e. The molecule has 0 aliphatic heterocycles. The molecule has 0 aliphatic rings. The summed E-state index contributed by atoms with van der Waals surface area (Å²) < 4.78 is 0. The Hall–Kier alpha value is -0.860. The van der Waals surface area contributed by atoms with E-state index in [9.17, 15) is 0 Å². The second-order valence-electron chi connectivity index (χ2n) is 3.43. The van der Waals surface area contributed by atoms with E-state index in [1.807, 2.05) is 0 Å². The van der Waals surface area contributed by atoms with Crippen molar-refractivity contribution >= 4 is 0 Å². The highest BCUT2D eigenvalue weighted by Crippen LogP contribution is 2.23. The molecular weight excluding hydrogens is 160 g/mol. The van der Waals surface area contributed by atoms with Crippen LogP contribution in [0.2, 0.25) is 0 Å². The second kappa shape index (κ2) is 4.40. The van der Waals surface area contributed by atoms with Crippen LogP contribution >= 0.6 is 0 Å². The molecule has 13 heavy (non-hydrogen) atoms. The Morgan fingerprint density at radius 3 is 2.23 bits per heavy atom. The Balaban J connectivity index is 3.10. The first kappa shape index (κ1) is 10.2. The predicted molar refractivity (Wildman–Crippen MR) is 56.3 cm³/mol. The summed E-state index contributed by atoms with van der Waals surface area (Å²) >= 11 is 0. The molecule has 0 bridgehead atoms. The van der Waals surface area contributed by atoms with Crippen molar-refractivity contribution in [2.45, 2.75) is 33.2 Å². The molecule has 3 N–H and O–H groups in total. The van der Waals surface area contributed by atoms with Crippen LogP contribution in [0.4, 0.5) is 0 Å². The van der Waals surface area contributed by atoms with E-state index < -0.39 is 0 Å². The molecule has 72 valence electrons. The number of hydrazine groups is 1. The van der Waals surface area contributed by atoms with E-state index in [0.29, 0.717) is 0 Å². The van der Waals surface area contributed by atoms with Crippen LogP contribution in [0.15, 0.2) is 18.2 Å². The monoisotopic (exact) mass is 178 g/mol. The molecule has 0 amide bonds. The SMILES string of the molecule is CCC(NN)c1c(C)cccc1C. The van der Waals surface area contributed by atoms with Gasteiger partial charge in [0.25, 0.3) is 0 Å². The number of nitrogens with one attached hydrogen (secondary N) is 1. The Bertz CT molecular complexity index is 257. The summed E-state index contributed by atoms with van der Waals surface area (Å²) in [4.78, 5) is 0. The maximum atomic E-state index is 5.50. The van der Waals surface area contributed by atoms with Gasteiger partial charge in [0.05, 0.1) is 0 Å². The maximum absolute atomic E-state index is 5.50. The fourth-order valence-electron chi connectivity index (χ4n) is 1.78. The Morgan fingerprint density at radius 2 is 1.85 bits per heavy atom. The van der Waals surface area contributed by atoms with Gasteiger partial charge in [0.1, 0.15) is 0 Å². The minimum atomic E-state index is 0.279. The van der Waals surface area contributed by atoms with Gasteiger partial charge in [0, 0.05) is 6.04 Å². The van der Waals surface area contributed by atoms with Gasteiger partial charge in [-0.25, -0.2) is 0 Å². The van der Waals surface area contributed by atoms with Gasteiger partial charge >= 0.3 is 0 Å². The molecule has 2 nitrogen and oxygen atoms in total. The van der Waals surface area contributed by atoms with Gasteiger partial charge in [-0.05, 0) is 37.0 Å². The van der Waals surface area contributed by atoms with Gasteiger partial charge in [0.15, 0.2) is 0 Å². The molecule has 1 aromatic rings. The molecule has 0 saturated carbocycles. The first-order valence-corrected chi connectivity index (χ1v) is 4.73. The summed E-state index contributed by atoms with van der Waals surface area (Å²) in [6.07, 6.45) is 1.02. The number of rotatable bonds is 3. The van der Waals surface area contributed by atoms with E-state index in [0.717, 1.165) is 6.42 Å². The molecule has 0 heterocycles. The average molecular weight is 178 g/mol. The molecule has 0 spiro atoms. The van der Waals surface area contributed by atoms with Crippen molar-refractivity contribution in [3.05, 3.63) is 34.9 Å². The molecule has 0 radical (unpaired) electrons. The highest BCUT2D eigenvalue weighted by Gasteiger charge is 2.11. The topological polar surface area (TPSA) is 38.0 Å². The predicted octanol–water partition coefficient (Wildman–Crippen LogP) is 2.22. The maximum Gasteiger partial charge on any atom is 0.0462 e. The van der Waals surface area contributed by atoms with Crippen molar-refractivity contribution in [2.75, 3.05) is 0 Å². The molecule has 1 unspecified atom stereocenters. The number of benzene rings is 1. The van der Waals surface area contributed by atoms with Crippen LogP contribution < -0.4 is 11.3 Å². The van der Waals surface area contributed by atoms with Gasteiger partial charge in [0.2, 0.25) is 0 Å². The third kappa shape index (κ3) is 2.08. The summed E-state index contributed by atoms with van der Waals surface area (Å²) in [5.41, 5.74) is 6.81. The normalized spacial score (nSPS) is 12.9. The standard InChI is InChI=1S/C11H18N2/c1-4-10(13-12)11-8(2)6-5-7-9(11)3/h5-7,10,13H,4,12H2,1-3H3. The Morgan fingerprint density at radius 1 is 1.31 bits per heavy atom.